The average molecular weight is 415 g/mol. The molecule has 0 radical (unpaired) electrons. The summed E-state index contributed by atoms with van der Waals surface area (Å²) in [7, 11) is 6.06. The molecule has 0 aromatic heterocycles. The number of piperidine rings is 1. The SMILES string of the molecule is COc1ccc([C@@H]2[C@@H](C(=O)O)CCC(=O)N2c2ccc(OC)c(OC)c2)cc1OC. The van der Waals surface area contributed by atoms with E-state index in [4.69, 9.17) is 18.9 Å². The van der Waals surface area contributed by atoms with E-state index in [0.717, 1.165) is 0 Å². The number of nitrogens with zero attached hydrogens (tertiary/aromatic N) is 1. The van der Waals surface area contributed by atoms with Gasteiger partial charge in [0.25, 0.3) is 0 Å². The number of methoxy groups -OCH3 is 4. The van der Waals surface area contributed by atoms with Gasteiger partial charge >= 0.3 is 5.97 Å². The molecular weight excluding hydrogens is 390 g/mol. The molecule has 1 fully saturated rings. The Labute approximate surface area is 174 Å². The molecule has 160 valence electrons. The molecular formula is C22H25NO7. The van der Waals surface area contributed by atoms with Gasteiger partial charge in [-0.25, -0.2) is 0 Å². The molecule has 2 atom stereocenters. The van der Waals surface area contributed by atoms with Gasteiger partial charge in [0, 0.05) is 18.2 Å². The van der Waals surface area contributed by atoms with E-state index in [-0.39, 0.29) is 18.7 Å². The van der Waals surface area contributed by atoms with Crippen molar-refractivity contribution >= 4 is 17.6 Å². The van der Waals surface area contributed by atoms with Crippen LogP contribution >= 0.6 is 0 Å². The van der Waals surface area contributed by atoms with Crippen LogP contribution in [0.25, 0.3) is 0 Å². The third-order valence-electron chi connectivity index (χ3n) is 5.31. The van der Waals surface area contributed by atoms with Gasteiger partial charge in [0.05, 0.1) is 40.4 Å². The Balaban J connectivity index is 2.15. The molecule has 8 heteroatoms. The Bertz CT molecular complexity index is 943. The van der Waals surface area contributed by atoms with Crippen molar-refractivity contribution in [1.29, 1.82) is 0 Å². The number of carbonyl (C=O) groups excluding carboxylic acids is 1. The zero-order valence-electron chi connectivity index (χ0n) is 17.4. The summed E-state index contributed by atoms with van der Waals surface area (Å²) < 4.78 is 21.3. The van der Waals surface area contributed by atoms with Crippen LogP contribution in [0.1, 0.15) is 24.4 Å². The summed E-state index contributed by atoms with van der Waals surface area (Å²) >= 11 is 0. The highest BCUT2D eigenvalue weighted by Gasteiger charge is 2.42. The third-order valence-corrected chi connectivity index (χ3v) is 5.31. The van der Waals surface area contributed by atoms with Crippen molar-refractivity contribution in [3.05, 3.63) is 42.0 Å². The Morgan fingerprint density at radius 3 is 2.03 bits per heavy atom. The Kier molecular flexibility index (Phi) is 6.34. The molecule has 1 N–H and O–H groups in total. The van der Waals surface area contributed by atoms with Gasteiger partial charge in [-0.2, -0.15) is 0 Å². The summed E-state index contributed by atoms with van der Waals surface area (Å²) in [5.74, 6) is 0.0352. The van der Waals surface area contributed by atoms with Crippen molar-refractivity contribution in [3.8, 4) is 23.0 Å². The molecule has 1 aliphatic heterocycles. The fraction of sp³-hybridized carbons (Fsp3) is 0.364. The van der Waals surface area contributed by atoms with E-state index in [2.05, 4.69) is 0 Å². The van der Waals surface area contributed by atoms with Gasteiger partial charge in [0.2, 0.25) is 5.91 Å². The molecule has 2 aromatic carbocycles. The van der Waals surface area contributed by atoms with Crippen LogP contribution in [0, 0.1) is 5.92 Å². The molecule has 1 saturated heterocycles. The van der Waals surface area contributed by atoms with E-state index in [1.165, 1.54) is 33.3 Å². The van der Waals surface area contributed by atoms with Crippen LogP contribution in [0.2, 0.25) is 0 Å². The molecule has 30 heavy (non-hydrogen) atoms. The molecule has 0 unspecified atom stereocenters. The van der Waals surface area contributed by atoms with Crippen molar-refractivity contribution < 1.29 is 33.6 Å². The molecule has 8 nitrogen and oxygen atoms in total. The summed E-state index contributed by atoms with van der Waals surface area (Å²) in [6.07, 6.45) is 0.381. The summed E-state index contributed by atoms with van der Waals surface area (Å²) in [5.41, 5.74) is 1.17. The molecule has 1 heterocycles. The van der Waals surface area contributed by atoms with Gasteiger partial charge in [0.15, 0.2) is 23.0 Å². The molecule has 1 amide bonds. The van der Waals surface area contributed by atoms with Crippen LogP contribution in [-0.4, -0.2) is 45.4 Å². The smallest absolute Gasteiger partial charge is 0.308 e. The van der Waals surface area contributed by atoms with Gasteiger partial charge < -0.3 is 29.0 Å². The summed E-state index contributed by atoms with van der Waals surface area (Å²) in [5, 5.41) is 9.89. The minimum atomic E-state index is -0.965. The van der Waals surface area contributed by atoms with Gasteiger partial charge in [-0.3, -0.25) is 9.59 Å². The van der Waals surface area contributed by atoms with E-state index >= 15 is 0 Å². The van der Waals surface area contributed by atoms with Crippen LogP contribution in [0.15, 0.2) is 36.4 Å². The van der Waals surface area contributed by atoms with Crippen LogP contribution < -0.4 is 23.8 Å². The first-order chi connectivity index (χ1) is 14.4. The van der Waals surface area contributed by atoms with E-state index in [1.54, 1.807) is 36.4 Å². The number of amides is 1. The number of benzene rings is 2. The third kappa shape index (κ3) is 3.85. The van der Waals surface area contributed by atoms with Crippen LogP contribution in [0.5, 0.6) is 23.0 Å². The molecule has 0 aliphatic carbocycles. The summed E-state index contributed by atoms with van der Waals surface area (Å²) in [6, 6.07) is 9.55. The minimum absolute atomic E-state index is 0.134. The molecule has 1 aliphatic rings. The minimum Gasteiger partial charge on any atom is -0.493 e. The van der Waals surface area contributed by atoms with Gasteiger partial charge in [0.1, 0.15) is 0 Å². The van der Waals surface area contributed by atoms with Crippen molar-refractivity contribution in [2.75, 3.05) is 33.3 Å². The number of hydrogen-bond donors (Lipinski definition) is 1. The van der Waals surface area contributed by atoms with Crippen molar-refractivity contribution in [2.45, 2.75) is 18.9 Å². The lowest BCUT2D eigenvalue weighted by Crippen LogP contribution is -2.45. The fourth-order valence-corrected chi connectivity index (χ4v) is 3.85. The average Bonchev–Trinajstić information content (AvgIpc) is 2.77. The molecule has 3 rings (SSSR count). The highest BCUT2D eigenvalue weighted by Crippen LogP contribution is 2.44. The lowest BCUT2D eigenvalue weighted by Gasteiger charge is -2.40. The monoisotopic (exact) mass is 415 g/mol. The first-order valence-corrected chi connectivity index (χ1v) is 9.44. The number of carbonyl (C=O) groups is 2. The molecule has 2 aromatic rings. The summed E-state index contributed by atoms with van der Waals surface area (Å²) in [4.78, 5) is 26.6. The predicted octanol–water partition coefficient (Wildman–Crippen LogP) is 3.29. The summed E-state index contributed by atoms with van der Waals surface area (Å²) in [6.45, 7) is 0. The number of rotatable bonds is 7. The largest absolute Gasteiger partial charge is 0.493 e. The quantitative estimate of drug-likeness (QED) is 0.741. The predicted molar refractivity (Wildman–Crippen MR) is 110 cm³/mol. The number of ether oxygens (including phenoxy) is 4. The van der Waals surface area contributed by atoms with Crippen molar-refractivity contribution in [3.63, 3.8) is 0 Å². The lowest BCUT2D eigenvalue weighted by atomic mass is 9.83. The number of anilines is 1. The maximum absolute atomic E-state index is 13.0. The van der Waals surface area contributed by atoms with Gasteiger partial charge in [-0.15, -0.1) is 0 Å². The van der Waals surface area contributed by atoms with Gasteiger partial charge in [-0.1, -0.05) is 6.07 Å². The van der Waals surface area contributed by atoms with E-state index in [1.807, 2.05) is 0 Å². The van der Waals surface area contributed by atoms with Crippen molar-refractivity contribution in [2.24, 2.45) is 5.92 Å². The highest BCUT2D eigenvalue weighted by molar-refractivity contribution is 5.97. The topological polar surface area (TPSA) is 94.5 Å². The van der Waals surface area contributed by atoms with Crippen LogP contribution in [-0.2, 0) is 9.59 Å². The number of carboxylic acids is 1. The molecule has 0 spiro atoms. The lowest BCUT2D eigenvalue weighted by molar-refractivity contribution is -0.144. The zero-order chi connectivity index (χ0) is 21.8. The maximum atomic E-state index is 13.0. The number of carboxylic acid groups (broad SMARTS) is 1. The number of hydrogen-bond acceptors (Lipinski definition) is 6. The first kappa shape index (κ1) is 21.3. The highest BCUT2D eigenvalue weighted by atomic mass is 16.5. The zero-order valence-corrected chi connectivity index (χ0v) is 17.4. The first-order valence-electron chi connectivity index (χ1n) is 9.44. The van der Waals surface area contributed by atoms with E-state index in [0.29, 0.717) is 34.2 Å². The second kappa shape index (κ2) is 8.94. The maximum Gasteiger partial charge on any atom is 0.308 e. The second-order valence-corrected chi connectivity index (χ2v) is 6.85. The van der Waals surface area contributed by atoms with Gasteiger partial charge in [-0.05, 0) is 36.2 Å². The Morgan fingerprint density at radius 2 is 1.47 bits per heavy atom. The number of aliphatic carboxylic acids is 1. The van der Waals surface area contributed by atoms with Crippen molar-refractivity contribution in [1.82, 2.24) is 0 Å². The normalized spacial score (nSPS) is 18.7. The Hall–Kier alpha value is -3.42. The Morgan fingerprint density at radius 1 is 0.900 bits per heavy atom. The second-order valence-electron chi connectivity index (χ2n) is 6.85. The van der Waals surface area contributed by atoms with Crippen LogP contribution in [0.3, 0.4) is 0 Å². The van der Waals surface area contributed by atoms with Crippen LogP contribution in [0.4, 0.5) is 5.69 Å². The molecule has 0 saturated carbocycles. The van der Waals surface area contributed by atoms with E-state index in [9.17, 15) is 14.7 Å². The molecule has 0 bridgehead atoms. The fourth-order valence-electron chi connectivity index (χ4n) is 3.85. The standard InChI is InChI=1S/C22H25NO7/c1-27-16-8-5-13(11-18(16)29-3)21-15(22(25)26)7-10-20(24)23(21)14-6-9-17(28-2)19(12-14)30-4/h5-6,8-9,11-12,15,21H,7,10H2,1-4H3,(H,25,26)/t15-,21+/m0/s1. The van der Waals surface area contributed by atoms with E-state index < -0.39 is 17.9 Å².